The molecule has 6 rings (SSSR count). The Hall–Kier alpha value is -4.98. The van der Waals surface area contributed by atoms with Gasteiger partial charge in [0.2, 0.25) is 5.90 Å². The molecule has 5 aromatic carbocycles. The fraction of sp³-hybridized carbons (Fsp3) is 0.190. The number of ether oxygens (including phenoxy) is 2. The van der Waals surface area contributed by atoms with Crippen LogP contribution in [0.3, 0.4) is 0 Å². The molecule has 0 radical (unpaired) electrons. The van der Waals surface area contributed by atoms with E-state index in [-0.39, 0.29) is 18.4 Å². The normalized spacial score (nSPS) is 17.1. The molecule has 1 amide bonds. The second kappa shape index (κ2) is 16.4. The summed E-state index contributed by atoms with van der Waals surface area (Å²) in [5.74, 6) is 0.783. The van der Waals surface area contributed by atoms with Crippen LogP contribution in [0.15, 0.2) is 155 Å². The molecule has 248 valence electrons. The van der Waals surface area contributed by atoms with Crippen LogP contribution in [0.1, 0.15) is 52.7 Å². The zero-order valence-corrected chi connectivity index (χ0v) is 28.7. The summed E-state index contributed by atoms with van der Waals surface area (Å²) in [5, 5.41) is 12.4. The van der Waals surface area contributed by atoms with Gasteiger partial charge in [-0.2, -0.15) is 0 Å². The summed E-state index contributed by atoms with van der Waals surface area (Å²) < 4.78 is 13.3. The van der Waals surface area contributed by atoms with Crippen LogP contribution in [0.4, 0.5) is 0 Å². The molecule has 0 aliphatic carbocycles. The molecule has 1 aliphatic rings. The molecule has 0 saturated carbocycles. The molecule has 0 bridgehead atoms. The molecule has 0 saturated heterocycles. The lowest BCUT2D eigenvalue weighted by atomic mass is 9.83. The molecular weight excluding hydrogens is 676 g/mol. The number of rotatable bonds is 14. The van der Waals surface area contributed by atoms with E-state index in [1.165, 1.54) is 0 Å². The van der Waals surface area contributed by atoms with Gasteiger partial charge in [0.15, 0.2) is 11.6 Å². The molecule has 0 fully saturated rings. The van der Waals surface area contributed by atoms with Crippen molar-refractivity contribution < 1.29 is 19.4 Å². The molecular formula is C42H39BrN2O4. The first-order valence-electron chi connectivity index (χ1n) is 16.5. The van der Waals surface area contributed by atoms with Crippen LogP contribution in [-0.2, 0) is 9.53 Å². The Morgan fingerprint density at radius 3 is 2.10 bits per heavy atom. The maximum atomic E-state index is 14.9. The quantitative estimate of drug-likeness (QED) is 0.113. The Balaban J connectivity index is 1.39. The minimum Gasteiger partial charge on any atom is -0.494 e. The molecule has 0 spiro atoms. The first-order chi connectivity index (χ1) is 24.1. The third-order valence-corrected chi connectivity index (χ3v) is 9.35. The standard InChI is InChI=1S/C42H39BrN2O4/c43-38-22-11-10-21-36(38)39-42(27-12-16-31-14-4-1-5-15-31,45-40(49-39)34-23-25-35(26-24-34)48-29-13-28-46)41(47)44-30-37(32-17-6-2-7-18-32)33-19-8-3-9-20-33/h1-12,14-26,37,39,46H,13,27-30H2,(H,44,47)/b16-12+/t39-,42-/m1/s1. The molecule has 1 aliphatic heterocycles. The highest BCUT2D eigenvalue weighted by Crippen LogP contribution is 2.45. The van der Waals surface area contributed by atoms with Crippen LogP contribution in [0.2, 0.25) is 0 Å². The van der Waals surface area contributed by atoms with Gasteiger partial charge in [-0.1, -0.05) is 137 Å². The largest absolute Gasteiger partial charge is 0.494 e. The number of hydrogen-bond acceptors (Lipinski definition) is 5. The number of amides is 1. The topological polar surface area (TPSA) is 80.2 Å². The van der Waals surface area contributed by atoms with Gasteiger partial charge >= 0.3 is 0 Å². The lowest BCUT2D eigenvalue weighted by molar-refractivity contribution is -0.128. The lowest BCUT2D eigenvalue weighted by Crippen LogP contribution is -2.49. The number of benzene rings is 5. The van der Waals surface area contributed by atoms with E-state index in [0.717, 1.165) is 32.3 Å². The molecule has 5 aromatic rings. The number of nitrogens with zero attached hydrogens (tertiary/aromatic N) is 1. The predicted molar refractivity (Wildman–Crippen MR) is 199 cm³/mol. The van der Waals surface area contributed by atoms with Crippen molar-refractivity contribution in [2.45, 2.75) is 30.4 Å². The van der Waals surface area contributed by atoms with Gasteiger partial charge in [-0.25, -0.2) is 4.99 Å². The van der Waals surface area contributed by atoms with Crippen molar-refractivity contribution in [2.75, 3.05) is 19.8 Å². The predicted octanol–water partition coefficient (Wildman–Crippen LogP) is 8.52. The summed E-state index contributed by atoms with van der Waals surface area (Å²) in [6, 6.07) is 45.8. The van der Waals surface area contributed by atoms with Crippen molar-refractivity contribution in [1.29, 1.82) is 0 Å². The monoisotopic (exact) mass is 714 g/mol. The van der Waals surface area contributed by atoms with E-state index in [9.17, 15) is 4.79 Å². The molecule has 1 heterocycles. The second-order valence-corrected chi connectivity index (χ2v) is 12.8. The van der Waals surface area contributed by atoms with Crippen molar-refractivity contribution in [2.24, 2.45) is 4.99 Å². The third-order valence-electron chi connectivity index (χ3n) is 8.63. The summed E-state index contributed by atoms with van der Waals surface area (Å²) in [4.78, 5) is 20.0. The van der Waals surface area contributed by atoms with Crippen LogP contribution in [0, 0.1) is 0 Å². The van der Waals surface area contributed by atoms with E-state index in [0.29, 0.717) is 37.6 Å². The number of hydrogen-bond donors (Lipinski definition) is 2. The molecule has 7 heteroatoms. The van der Waals surface area contributed by atoms with E-state index in [1.54, 1.807) is 0 Å². The maximum Gasteiger partial charge on any atom is 0.252 e. The van der Waals surface area contributed by atoms with Crippen LogP contribution >= 0.6 is 15.9 Å². The summed E-state index contributed by atoms with van der Waals surface area (Å²) in [6.45, 7) is 0.866. The number of nitrogens with one attached hydrogen (secondary N) is 1. The molecule has 0 aromatic heterocycles. The molecule has 6 nitrogen and oxygen atoms in total. The molecule has 2 N–H and O–H groups in total. The van der Waals surface area contributed by atoms with Crippen LogP contribution < -0.4 is 10.1 Å². The van der Waals surface area contributed by atoms with E-state index in [4.69, 9.17) is 19.6 Å². The van der Waals surface area contributed by atoms with E-state index >= 15 is 0 Å². The summed E-state index contributed by atoms with van der Waals surface area (Å²) in [5.41, 5.74) is 3.50. The van der Waals surface area contributed by atoms with Gasteiger partial charge in [-0.05, 0) is 47.0 Å². The highest BCUT2D eigenvalue weighted by molar-refractivity contribution is 9.10. The van der Waals surface area contributed by atoms with Gasteiger partial charge < -0.3 is 19.9 Å². The first-order valence-corrected chi connectivity index (χ1v) is 17.3. The van der Waals surface area contributed by atoms with Crippen molar-refractivity contribution >= 4 is 33.8 Å². The van der Waals surface area contributed by atoms with Gasteiger partial charge in [0.1, 0.15) is 5.75 Å². The Morgan fingerprint density at radius 2 is 1.47 bits per heavy atom. The summed E-state index contributed by atoms with van der Waals surface area (Å²) in [6.07, 6.45) is 4.17. The van der Waals surface area contributed by atoms with Crippen LogP contribution in [0.25, 0.3) is 6.08 Å². The molecule has 2 atom stereocenters. The van der Waals surface area contributed by atoms with E-state index in [2.05, 4.69) is 45.5 Å². The Bertz CT molecular complexity index is 1820. The number of aliphatic imine (C=N–C) groups is 1. The van der Waals surface area contributed by atoms with Crippen LogP contribution in [0.5, 0.6) is 5.75 Å². The third kappa shape index (κ3) is 8.19. The maximum absolute atomic E-state index is 14.9. The van der Waals surface area contributed by atoms with Gasteiger partial charge in [0.05, 0.1) is 6.61 Å². The lowest BCUT2D eigenvalue weighted by Gasteiger charge is -2.31. The average molecular weight is 716 g/mol. The van der Waals surface area contributed by atoms with E-state index < -0.39 is 11.6 Å². The first kappa shape index (κ1) is 33.9. The fourth-order valence-corrected chi connectivity index (χ4v) is 6.56. The average Bonchev–Trinajstić information content (AvgIpc) is 3.54. The van der Waals surface area contributed by atoms with Crippen molar-refractivity contribution in [3.63, 3.8) is 0 Å². The minimum atomic E-state index is -1.32. The number of aliphatic hydroxyl groups is 1. The number of aliphatic hydroxyl groups excluding tert-OH is 1. The Labute approximate surface area is 296 Å². The zero-order valence-electron chi connectivity index (χ0n) is 27.1. The molecule has 49 heavy (non-hydrogen) atoms. The molecule has 0 unspecified atom stereocenters. The second-order valence-electron chi connectivity index (χ2n) is 11.9. The summed E-state index contributed by atoms with van der Waals surface area (Å²) in [7, 11) is 0. The zero-order chi connectivity index (χ0) is 33.9. The van der Waals surface area contributed by atoms with Crippen molar-refractivity contribution in [1.82, 2.24) is 5.32 Å². The Kier molecular flexibility index (Phi) is 11.4. The summed E-state index contributed by atoms with van der Waals surface area (Å²) >= 11 is 3.74. The smallest absolute Gasteiger partial charge is 0.252 e. The number of carbonyl (C=O) groups is 1. The van der Waals surface area contributed by atoms with E-state index in [1.807, 2.05) is 127 Å². The fourth-order valence-electron chi connectivity index (χ4n) is 6.07. The highest BCUT2D eigenvalue weighted by atomic mass is 79.9. The Morgan fingerprint density at radius 1 is 0.857 bits per heavy atom. The van der Waals surface area contributed by atoms with Gasteiger partial charge in [0, 0.05) is 47.5 Å². The van der Waals surface area contributed by atoms with Crippen LogP contribution in [-0.4, -0.2) is 42.2 Å². The SMILES string of the molecule is O=C(NCC(c1ccccc1)c1ccccc1)[C@]1(C/C=C/c2ccccc2)N=C(c2ccc(OCCCO)cc2)O[C@@H]1c1ccccc1Br. The van der Waals surface area contributed by atoms with Crippen molar-refractivity contribution in [3.05, 3.63) is 178 Å². The number of halogens is 1. The van der Waals surface area contributed by atoms with Crippen molar-refractivity contribution in [3.8, 4) is 5.75 Å². The highest BCUT2D eigenvalue weighted by Gasteiger charge is 2.53. The van der Waals surface area contributed by atoms with Gasteiger partial charge in [0.25, 0.3) is 5.91 Å². The number of carbonyl (C=O) groups excluding carboxylic acids is 1. The van der Waals surface area contributed by atoms with Gasteiger partial charge in [-0.3, -0.25) is 4.79 Å². The van der Waals surface area contributed by atoms with Gasteiger partial charge in [-0.15, -0.1) is 0 Å². The minimum absolute atomic E-state index is 0.0608.